The van der Waals surface area contributed by atoms with Gasteiger partial charge in [0.1, 0.15) is 10.6 Å². The van der Waals surface area contributed by atoms with Crippen molar-refractivity contribution in [2.75, 3.05) is 17.7 Å². The average Bonchev–Trinajstić information content (AvgIpc) is 2.99. The summed E-state index contributed by atoms with van der Waals surface area (Å²) in [7, 11) is 1.68. The number of hydrogen-bond acceptors (Lipinski definition) is 6. The van der Waals surface area contributed by atoms with Crippen LogP contribution in [0.1, 0.15) is 11.8 Å². The van der Waals surface area contributed by atoms with Gasteiger partial charge in [0.2, 0.25) is 5.91 Å². The third-order valence-electron chi connectivity index (χ3n) is 3.64. The van der Waals surface area contributed by atoms with E-state index in [1.807, 2.05) is 32.0 Å². The van der Waals surface area contributed by atoms with E-state index in [2.05, 4.69) is 10.3 Å². The summed E-state index contributed by atoms with van der Waals surface area (Å²) in [4.78, 5) is 30.8. The van der Waals surface area contributed by atoms with Gasteiger partial charge in [-0.1, -0.05) is 11.8 Å². The Hall–Kier alpha value is -2.32. The van der Waals surface area contributed by atoms with Gasteiger partial charge >= 0.3 is 0 Å². The lowest BCUT2D eigenvalue weighted by atomic mass is 10.3. The van der Waals surface area contributed by atoms with Gasteiger partial charge in [0.15, 0.2) is 5.16 Å². The number of thiophene rings is 1. The first-order valence-electron chi connectivity index (χ1n) is 8.10. The Morgan fingerprint density at radius 1 is 1.35 bits per heavy atom. The highest BCUT2D eigenvalue weighted by molar-refractivity contribution is 7.99. The standard InChI is InChI=1S/C18H19N3O3S2/c1-4-24-13-7-5-12(6-8-13)19-15(22)10-25-18-20-16-14(9-11(2)26-16)17(23)21(18)3/h5-9H,4,10H2,1-3H3,(H,19,22). The second-order valence-corrected chi connectivity index (χ2v) is 7.81. The number of fused-ring (bicyclic) bond motifs is 1. The molecule has 6 nitrogen and oxygen atoms in total. The van der Waals surface area contributed by atoms with Crippen LogP contribution in [0.4, 0.5) is 5.69 Å². The number of rotatable bonds is 6. The van der Waals surface area contributed by atoms with Crippen molar-refractivity contribution in [1.82, 2.24) is 9.55 Å². The van der Waals surface area contributed by atoms with Gasteiger partial charge in [0.25, 0.3) is 5.56 Å². The number of anilines is 1. The summed E-state index contributed by atoms with van der Waals surface area (Å²) in [5.41, 5.74) is 0.610. The van der Waals surface area contributed by atoms with Gasteiger partial charge in [-0.15, -0.1) is 11.3 Å². The zero-order valence-electron chi connectivity index (χ0n) is 14.7. The normalized spacial score (nSPS) is 10.9. The van der Waals surface area contributed by atoms with Crippen LogP contribution in [0, 0.1) is 6.92 Å². The summed E-state index contributed by atoms with van der Waals surface area (Å²) < 4.78 is 6.87. The number of aryl methyl sites for hydroxylation is 1. The Morgan fingerprint density at radius 3 is 2.77 bits per heavy atom. The molecule has 0 aliphatic rings. The Bertz CT molecular complexity index is 993. The molecular weight excluding hydrogens is 370 g/mol. The maximum absolute atomic E-state index is 12.4. The van der Waals surface area contributed by atoms with Crippen molar-refractivity contribution >= 4 is 44.9 Å². The van der Waals surface area contributed by atoms with Crippen molar-refractivity contribution in [3.63, 3.8) is 0 Å². The summed E-state index contributed by atoms with van der Waals surface area (Å²) in [5.74, 6) is 0.776. The summed E-state index contributed by atoms with van der Waals surface area (Å²) in [6, 6.07) is 9.06. The number of thioether (sulfide) groups is 1. The molecule has 26 heavy (non-hydrogen) atoms. The van der Waals surface area contributed by atoms with Crippen LogP contribution in [0.5, 0.6) is 5.75 Å². The van der Waals surface area contributed by atoms with Crippen LogP contribution in [0.15, 0.2) is 40.3 Å². The maximum atomic E-state index is 12.4. The monoisotopic (exact) mass is 389 g/mol. The third kappa shape index (κ3) is 4.08. The van der Waals surface area contributed by atoms with Gasteiger partial charge in [-0.25, -0.2) is 4.98 Å². The lowest BCUT2D eigenvalue weighted by Crippen LogP contribution is -2.20. The molecule has 0 saturated heterocycles. The fourth-order valence-corrected chi connectivity index (χ4v) is 4.12. The number of amides is 1. The van der Waals surface area contributed by atoms with Crippen LogP contribution in [0.2, 0.25) is 0 Å². The number of nitrogens with one attached hydrogen (secondary N) is 1. The van der Waals surface area contributed by atoms with Crippen molar-refractivity contribution in [1.29, 1.82) is 0 Å². The predicted octanol–water partition coefficient (Wildman–Crippen LogP) is 3.43. The molecule has 0 fully saturated rings. The molecule has 0 radical (unpaired) electrons. The molecule has 0 aliphatic heterocycles. The number of hydrogen-bond donors (Lipinski definition) is 1. The minimum Gasteiger partial charge on any atom is -0.494 e. The van der Waals surface area contributed by atoms with Crippen molar-refractivity contribution in [3.8, 4) is 5.75 Å². The Labute approximate surface area is 159 Å². The van der Waals surface area contributed by atoms with Crippen LogP contribution >= 0.6 is 23.1 Å². The second kappa shape index (κ2) is 7.92. The zero-order valence-corrected chi connectivity index (χ0v) is 16.4. The van der Waals surface area contributed by atoms with Gasteiger partial charge in [-0.3, -0.25) is 14.2 Å². The largest absolute Gasteiger partial charge is 0.494 e. The highest BCUT2D eigenvalue weighted by Gasteiger charge is 2.13. The fourth-order valence-electron chi connectivity index (χ4n) is 2.43. The van der Waals surface area contributed by atoms with E-state index >= 15 is 0 Å². The molecule has 0 aliphatic carbocycles. The molecule has 1 N–H and O–H groups in total. The van der Waals surface area contributed by atoms with E-state index in [1.165, 1.54) is 27.7 Å². The number of aromatic nitrogens is 2. The van der Waals surface area contributed by atoms with E-state index in [0.29, 0.717) is 27.7 Å². The number of nitrogens with zero attached hydrogens (tertiary/aromatic N) is 2. The van der Waals surface area contributed by atoms with Crippen molar-refractivity contribution in [3.05, 3.63) is 45.6 Å². The van der Waals surface area contributed by atoms with Gasteiger partial charge in [0.05, 0.1) is 17.7 Å². The van der Waals surface area contributed by atoms with Gasteiger partial charge < -0.3 is 10.1 Å². The van der Waals surface area contributed by atoms with Crippen LogP contribution in [-0.2, 0) is 11.8 Å². The molecule has 8 heteroatoms. The quantitative estimate of drug-likeness (QED) is 0.516. The van der Waals surface area contributed by atoms with Crippen LogP contribution in [0.3, 0.4) is 0 Å². The number of carbonyl (C=O) groups excluding carboxylic acids is 1. The van der Waals surface area contributed by atoms with Crippen LogP contribution in [0.25, 0.3) is 10.2 Å². The lowest BCUT2D eigenvalue weighted by Gasteiger charge is -2.08. The molecule has 1 aromatic carbocycles. The molecule has 0 saturated carbocycles. The summed E-state index contributed by atoms with van der Waals surface area (Å²) in [6.07, 6.45) is 0. The van der Waals surface area contributed by atoms with E-state index in [4.69, 9.17) is 4.74 Å². The van der Waals surface area contributed by atoms with Crippen molar-refractivity contribution < 1.29 is 9.53 Å². The predicted molar refractivity (Wildman–Crippen MR) is 107 cm³/mol. The minimum absolute atomic E-state index is 0.0891. The van der Waals surface area contributed by atoms with Crippen LogP contribution in [-0.4, -0.2) is 27.8 Å². The van der Waals surface area contributed by atoms with E-state index in [1.54, 1.807) is 19.2 Å². The van der Waals surface area contributed by atoms with Gasteiger partial charge in [-0.2, -0.15) is 0 Å². The van der Waals surface area contributed by atoms with E-state index < -0.39 is 0 Å². The van der Waals surface area contributed by atoms with Crippen molar-refractivity contribution in [2.24, 2.45) is 7.05 Å². The summed E-state index contributed by atoms with van der Waals surface area (Å²) >= 11 is 2.73. The Morgan fingerprint density at radius 2 is 2.08 bits per heavy atom. The highest BCUT2D eigenvalue weighted by atomic mass is 32.2. The minimum atomic E-state index is -0.157. The molecule has 0 spiro atoms. The van der Waals surface area contributed by atoms with E-state index in [0.717, 1.165) is 10.6 Å². The molecule has 1 amide bonds. The highest BCUT2D eigenvalue weighted by Crippen LogP contribution is 2.24. The number of carbonyl (C=O) groups is 1. The Balaban J connectivity index is 1.66. The SMILES string of the molecule is CCOc1ccc(NC(=O)CSc2nc3sc(C)cc3c(=O)n2C)cc1. The molecule has 136 valence electrons. The van der Waals surface area contributed by atoms with E-state index in [-0.39, 0.29) is 17.2 Å². The maximum Gasteiger partial charge on any atom is 0.262 e. The molecule has 0 atom stereocenters. The summed E-state index contributed by atoms with van der Waals surface area (Å²) in [5, 5.41) is 3.99. The van der Waals surface area contributed by atoms with Gasteiger partial charge in [0, 0.05) is 17.6 Å². The van der Waals surface area contributed by atoms with Gasteiger partial charge in [-0.05, 0) is 44.2 Å². The topological polar surface area (TPSA) is 73.2 Å². The summed E-state index contributed by atoms with van der Waals surface area (Å²) in [6.45, 7) is 4.47. The van der Waals surface area contributed by atoms with E-state index in [9.17, 15) is 9.59 Å². The first-order chi connectivity index (χ1) is 12.5. The average molecular weight is 390 g/mol. The second-order valence-electron chi connectivity index (χ2n) is 5.63. The zero-order chi connectivity index (χ0) is 18.7. The fraction of sp³-hybridized carbons (Fsp3) is 0.278. The third-order valence-corrected chi connectivity index (χ3v) is 5.61. The number of ether oxygens (including phenoxy) is 1. The molecule has 3 aromatic rings. The Kier molecular flexibility index (Phi) is 5.63. The van der Waals surface area contributed by atoms with Crippen molar-refractivity contribution in [2.45, 2.75) is 19.0 Å². The number of benzene rings is 1. The molecular formula is C18H19N3O3S2. The first kappa shape index (κ1) is 18.5. The molecule has 2 heterocycles. The van der Waals surface area contributed by atoms with Crippen LogP contribution < -0.4 is 15.6 Å². The first-order valence-corrected chi connectivity index (χ1v) is 9.91. The molecule has 2 aromatic heterocycles. The molecule has 0 unspecified atom stereocenters. The molecule has 3 rings (SSSR count). The molecule has 0 bridgehead atoms. The smallest absolute Gasteiger partial charge is 0.262 e. The lowest BCUT2D eigenvalue weighted by molar-refractivity contribution is -0.113.